The lowest BCUT2D eigenvalue weighted by Gasteiger charge is -2.04. The quantitative estimate of drug-likeness (QED) is 0.216. The molecule has 1 aromatic rings. The van der Waals surface area contributed by atoms with Gasteiger partial charge in [-0.2, -0.15) is 0 Å². The molecule has 4 heteroatoms. The Kier molecular flexibility index (Phi) is 1.92. The highest BCUT2D eigenvalue weighted by atomic mass is 16.5. The minimum absolute atomic E-state index is 0.0756. The number of nitrogen functional groups attached to an aromatic ring is 1. The van der Waals surface area contributed by atoms with Gasteiger partial charge in [-0.1, -0.05) is 12.1 Å². The highest BCUT2D eigenvalue weighted by molar-refractivity contribution is 5.96. The highest BCUT2D eigenvalue weighted by Gasteiger charge is 2.00. The van der Waals surface area contributed by atoms with Gasteiger partial charge in [0.15, 0.2) is 1.41 Å². The number of hydrogen-bond donors (Lipinski definition) is 4. The maximum atomic E-state index is 8.60. The highest BCUT2D eigenvalue weighted by Crippen LogP contribution is 2.12. The van der Waals surface area contributed by atoms with Crippen LogP contribution in [0.4, 0.5) is 5.69 Å². The predicted molar refractivity (Wildman–Crippen MR) is 47.3 cm³/mol. The van der Waals surface area contributed by atoms with E-state index in [0.717, 1.165) is 5.56 Å². The Morgan fingerprint density at radius 3 is 3.00 bits per heavy atom. The lowest BCUT2D eigenvalue weighted by molar-refractivity contribution is 0.234. The second-order valence-corrected chi connectivity index (χ2v) is 2.53. The summed E-state index contributed by atoms with van der Waals surface area (Å²) in [6.45, 7) is 1.88. The second kappa shape index (κ2) is 3.23. The number of amidine groups is 1. The molecule has 1 aromatic carbocycles. The Balaban J connectivity index is 3.10. The zero-order valence-electron chi connectivity index (χ0n) is 7.70. The van der Waals surface area contributed by atoms with E-state index in [4.69, 9.17) is 12.4 Å². The summed E-state index contributed by atoms with van der Waals surface area (Å²) < 4.78 is 6.75. The van der Waals surface area contributed by atoms with E-state index in [1.165, 1.54) is 0 Å². The van der Waals surface area contributed by atoms with Crippen LogP contribution in [0.5, 0.6) is 0 Å². The van der Waals surface area contributed by atoms with E-state index in [9.17, 15) is 0 Å². The number of aryl methyl sites for hydroxylation is 1. The number of anilines is 1. The van der Waals surface area contributed by atoms with Crippen molar-refractivity contribution in [2.75, 3.05) is 5.73 Å². The van der Waals surface area contributed by atoms with Crippen LogP contribution in [0.15, 0.2) is 18.2 Å². The van der Waals surface area contributed by atoms with Gasteiger partial charge in [0.2, 0.25) is 0 Å². The molecule has 4 nitrogen and oxygen atoms in total. The largest absolute Gasteiger partial charge is 0.398 e. The van der Waals surface area contributed by atoms with Gasteiger partial charge >= 0.3 is 0 Å². The van der Waals surface area contributed by atoms with Crippen molar-refractivity contribution in [2.45, 2.75) is 6.92 Å². The molecule has 64 valence electrons. The zero-order chi connectivity index (χ0) is 9.84. The van der Waals surface area contributed by atoms with Gasteiger partial charge in [-0.05, 0) is 18.6 Å². The molecule has 0 fully saturated rings. The normalized spacial score (nSPS) is 12.5. The Morgan fingerprint density at radius 1 is 1.75 bits per heavy atom. The fraction of sp³-hybridized carbons (Fsp3) is 0.125. The maximum Gasteiger partial charge on any atom is 0.189 e. The van der Waals surface area contributed by atoms with Crippen molar-refractivity contribution < 1.29 is 6.62 Å². The maximum absolute atomic E-state index is 8.60. The molecule has 0 atom stereocenters. The molecule has 0 radical (unpaired) electrons. The Hall–Kier alpha value is -1.55. The summed E-state index contributed by atoms with van der Waals surface area (Å²) in [5, 5.41) is 11.7. The molecule has 0 aliphatic rings. The lowest BCUT2D eigenvalue weighted by atomic mass is 10.1. The monoisotopic (exact) mass is 165 g/mol. The molecule has 12 heavy (non-hydrogen) atoms. The average molecular weight is 165 g/mol. The average Bonchev–Trinajstić information content (AvgIpc) is 2.13. The van der Waals surface area contributed by atoms with Crippen LogP contribution >= 0.6 is 0 Å². The third kappa shape index (κ3) is 1.54. The Labute approximate surface area is 71.9 Å². The zero-order valence-corrected chi connectivity index (χ0v) is 6.70. The molecule has 1 rings (SSSR count). The number of nitrogens with two attached hydrogens (primary N) is 1. The van der Waals surface area contributed by atoms with Gasteiger partial charge < -0.3 is 5.73 Å². The first-order valence-electron chi connectivity index (χ1n) is 3.92. The van der Waals surface area contributed by atoms with Crippen molar-refractivity contribution in [3.63, 3.8) is 0 Å². The molecule has 0 heterocycles. The number of rotatable bonds is 1. The standard InChI is InChI=1S/C8H11N3O/c1-5-2-3-6(4-7(5)9)8(10)11-12/h2-4,12H,9H2,1H3,(H2,10,11). The molecule has 0 spiro atoms. The number of hydroxylamine groups is 1. The Bertz CT molecular complexity index is 338. The van der Waals surface area contributed by atoms with Crippen molar-refractivity contribution in [1.82, 2.24) is 5.48 Å². The van der Waals surface area contributed by atoms with Crippen LogP contribution < -0.4 is 11.2 Å². The van der Waals surface area contributed by atoms with Gasteiger partial charge in [-0.25, -0.2) is 0 Å². The van der Waals surface area contributed by atoms with Gasteiger partial charge in [0.1, 0.15) is 5.84 Å². The third-order valence-electron chi connectivity index (χ3n) is 1.66. The van der Waals surface area contributed by atoms with Crippen LogP contribution in [0, 0.1) is 12.3 Å². The molecule has 0 aliphatic carbocycles. The fourth-order valence-corrected chi connectivity index (χ4v) is 0.852. The summed E-state index contributed by atoms with van der Waals surface area (Å²) in [4.78, 5) is 0. The number of benzene rings is 1. The van der Waals surface area contributed by atoms with Crippen molar-refractivity contribution in [3.05, 3.63) is 29.3 Å². The van der Waals surface area contributed by atoms with Crippen LogP contribution in [0.25, 0.3) is 0 Å². The van der Waals surface area contributed by atoms with E-state index in [1.807, 2.05) is 12.4 Å². The molecular weight excluding hydrogens is 154 g/mol. The molecule has 0 bridgehead atoms. The van der Waals surface area contributed by atoms with E-state index in [-0.39, 0.29) is 5.84 Å². The van der Waals surface area contributed by atoms with Crippen LogP contribution in [-0.2, 0) is 0 Å². The molecular formula is C8H11N3O. The van der Waals surface area contributed by atoms with E-state index in [1.54, 1.807) is 18.2 Å². The van der Waals surface area contributed by atoms with E-state index >= 15 is 0 Å². The van der Waals surface area contributed by atoms with Crippen LogP contribution in [0.3, 0.4) is 0 Å². The van der Waals surface area contributed by atoms with Crippen LogP contribution in [-0.4, -0.2) is 11.0 Å². The van der Waals surface area contributed by atoms with Gasteiger partial charge in [-0.3, -0.25) is 16.1 Å². The van der Waals surface area contributed by atoms with Gasteiger partial charge in [0.25, 0.3) is 0 Å². The molecule has 0 aromatic heterocycles. The first-order valence-corrected chi connectivity index (χ1v) is 3.47. The predicted octanol–water partition coefficient (Wildman–Crippen LogP) is 0.881. The summed E-state index contributed by atoms with van der Waals surface area (Å²) >= 11 is 0. The van der Waals surface area contributed by atoms with Crippen LogP contribution in [0.2, 0.25) is 1.41 Å². The smallest absolute Gasteiger partial charge is 0.189 e. The molecule has 0 unspecified atom stereocenters. The van der Waals surface area contributed by atoms with Crippen molar-refractivity contribution >= 4 is 11.5 Å². The molecule has 0 saturated carbocycles. The van der Waals surface area contributed by atoms with Gasteiger partial charge in [-0.15, -0.1) is 0 Å². The number of hydrogen-bond acceptors (Lipinski definition) is 3. The summed E-state index contributed by atoms with van der Waals surface area (Å²) in [6.07, 6.45) is 0. The SMILES string of the molecule is [H]/N=C(/NO)c1ccc(C)c(N)c1. The van der Waals surface area contributed by atoms with E-state index < -0.39 is 0 Å². The van der Waals surface area contributed by atoms with Crippen LogP contribution in [0.1, 0.15) is 11.1 Å². The molecule has 0 aliphatic heterocycles. The summed E-state index contributed by atoms with van der Waals surface area (Å²) in [5.74, 6) is 0.0756. The van der Waals surface area contributed by atoms with Crippen molar-refractivity contribution in [2.24, 2.45) is 0 Å². The topological polar surface area (TPSA) is 82.1 Å². The molecule has 0 amide bonds. The van der Waals surface area contributed by atoms with Gasteiger partial charge in [0, 0.05) is 11.3 Å². The van der Waals surface area contributed by atoms with Crippen molar-refractivity contribution in [3.8, 4) is 0 Å². The number of nitrogens with one attached hydrogen (secondary N) is 2. The lowest BCUT2D eigenvalue weighted by Crippen LogP contribution is -2.18. The summed E-state index contributed by atoms with van der Waals surface area (Å²) in [6, 6.07) is 5.17. The minimum atomic E-state index is 0.0756. The van der Waals surface area contributed by atoms with Gasteiger partial charge in [0.05, 0.1) is 0 Å². The van der Waals surface area contributed by atoms with E-state index in [0.29, 0.717) is 11.3 Å². The summed E-state index contributed by atoms with van der Waals surface area (Å²) in [7, 11) is 0. The van der Waals surface area contributed by atoms with Crippen molar-refractivity contribution in [1.29, 1.82) is 5.40 Å². The Morgan fingerprint density at radius 2 is 2.50 bits per heavy atom. The fourth-order valence-electron chi connectivity index (χ4n) is 0.852. The first kappa shape index (κ1) is 7.12. The minimum Gasteiger partial charge on any atom is -0.398 e. The molecule has 5 N–H and O–H groups in total. The second-order valence-electron chi connectivity index (χ2n) is 2.53. The van der Waals surface area contributed by atoms with E-state index in [2.05, 4.69) is 5.40 Å². The first-order chi connectivity index (χ1) is 6.19. The third-order valence-corrected chi connectivity index (χ3v) is 1.66. The summed E-state index contributed by atoms with van der Waals surface area (Å²) in [5.41, 5.74) is 9.60. The molecule has 0 saturated heterocycles.